The van der Waals surface area contributed by atoms with Gasteiger partial charge in [0.25, 0.3) is 0 Å². The van der Waals surface area contributed by atoms with Crippen LogP contribution in [-0.4, -0.2) is 37.5 Å². The van der Waals surface area contributed by atoms with E-state index in [-0.39, 0.29) is 5.41 Å². The zero-order valence-electron chi connectivity index (χ0n) is 16.2. The predicted molar refractivity (Wildman–Crippen MR) is 104 cm³/mol. The van der Waals surface area contributed by atoms with E-state index < -0.39 is 0 Å². The summed E-state index contributed by atoms with van der Waals surface area (Å²) in [6, 6.07) is 8.92. The highest BCUT2D eigenvalue weighted by atomic mass is 16.2. The first-order valence-electron chi connectivity index (χ1n) is 10.1. The van der Waals surface area contributed by atoms with Crippen LogP contribution in [0.15, 0.2) is 24.3 Å². The van der Waals surface area contributed by atoms with Crippen LogP contribution in [0.25, 0.3) is 0 Å². The van der Waals surface area contributed by atoms with Gasteiger partial charge in [-0.25, -0.2) is 0 Å². The Morgan fingerprint density at radius 1 is 1.20 bits per heavy atom. The molecule has 1 N–H and O–H groups in total. The van der Waals surface area contributed by atoms with E-state index in [2.05, 4.69) is 48.3 Å². The van der Waals surface area contributed by atoms with Gasteiger partial charge in [0.05, 0.1) is 5.41 Å². The van der Waals surface area contributed by atoms with Crippen LogP contribution in [0.3, 0.4) is 0 Å². The normalized spacial score (nSPS) is 23.2. The molecule has 1 aliphatic carbocycles. The third-order valence-corrected chi connectivity index (χ3v) is 6.30. The molecule has 0 radical (unpaired) electrons. The van der Waals surface area contributed by atoms with Crippen LogP contribution < -0.4 is 5.32 Å². The standard InChI is InChI=1S/C22H34N2O/c1-17(2)19-8-10-20(11-9-19)22(12-4-5-13-22)21(25)24-14-6-7-18(16-24)15-23-3/h8-11,17-18,23H,4-7,12-16H2,1-3H3. The molecule has 1 saturated heterocycles. The number of nitrogens with one attached hydrogen (secondary N) is 1. The molecule has 1 saturated carbocycles. The van der Waals surface area contributed by atoms with Gasteiger partial charge in [0.1, 0.15) is 0 Å². The van der Waals surface area contributed by atoms with Gasteiger partial charge in [-0.1, -0.05) is 51.0 Å². The van der Waals surface area contributed by atoms with E-state index in [0.29, 0.717) is 17.7 Å². The molecule has 1 aliphatic heterocycles. The van der Waals surface area contributed by atoms with Gasteiger partial charge in [0, 0.05) is 13.1 Å². The molecule has 1 heterocycles. The molecular formula is C22H34N2O. The summed E-state index contributed by atoms with van der Waals surface area (Å²) < 4.78 is 0. The second kappa shape index (κ2) is 7.90. The number of likely N-dealkylation sites (tertiary alicyclic amines) is 1. The van der Waals surface area contributed by atoms with E-state index in [0.717, 1.165) is 38.9 Å². The number of hydrogen-bond acceptors (Lipinski definition) is 2. The highest BCUT2D eigenvalue weighted by molar-refractivity contribution is 5.88. The molecule has 3 nitrogen and oxygen atoms in total. The van der Waals surface area contributed by atoms with Crippen LogP contribution in [0.1, 0.15) is 69.4 Å². The highest BCUT2D eigenvalue weighted by Crippen LogP contribution is 2.43. The molecule has 1 unspecified atom stereocenters. The molecule has 0 aromatic heterocycles. The van der Waals surface area contributed by atoms with Crippen molar-refractivity contribution >= 4 is 5.91 Å². The molecule has 0 bridgehead atoms. The third-order valence-electron chi connectivity index (χ3n) is 6.30. The summed E-state index contributed by atoms with van der Waals surface area (Å²) >= 11 is 0. The summed E-state index contributed by atoms with van der Waals surface area (Å²) in [4.78, 5) is 15.8. The number of piperidine rings is 1. The number of hydrogen-bond donors (Lipinski definition) is 1. The summed E-state index contributed by atoms with van der Waals surface area (Å²) in [5, 5.41) is 3.29. The molecule has 1 aromatic rings. The summed E-state index contributed by atoms with van der Waals surface area (Å²) in [6.45, 7) is 7.32. The van der Waals surface area contributed by atoms with E-state index in [1.54, 1.807) is 0 Å². The van der Waals surface area contributed by atoms with Gasteiger partial charge in [-0.3, -0.25) is 4.79 Å². The smallest absolute Gasteiger partial charge is 0.233 e. The average molecular weight is 343 g/mol. The van der Waals surface area contributed by atoms with Crippen molar-refractivity contribution in [2.24, 2.45) is 5.92 Å². The fourth-order valence-corrected chi connectivity index (χ4v) is 4.80. The second-order valence-electron chi connectivity index (χ2n) is 8.38. The molecule has 2 aliphatic rings. The molecule has 1 amide bonds. The molecule has 1 atom stereocenters. The van der Waals surface area contributed by atoms with Crippen molar-refractivity contribution in [3.05, 3.63) is 35.4 Å². The lowest BCUT2D eigenvalue weighted by atomic mass is 9.76. The number of nitrogens with zero attached hydrogens (tertiary/aromatic N) is 1. The summed E-state index contributed by atoms with van der Waals surface area (Å²) in [7, 11) is 2.01. The van der Waals surface area contributed by atoms with Crippen molar-refractivity contribution in [2.45, 2.75) is 63.7 Å². The van der Waals surface area contributed by atoms with E-state index >= 15 is 0 Å². The van der Waals surface area contributed by atoms with Gasteiger partial charge in [-0.2, -0.15) is 0 Å². The van der Waals surface area contributed by atoms with Crippen molar-refractivity contribution in [2.75, 3.05) is 26.7 Å². The van der Waals surface area contributed by atoms with Crippen molar-refractivity contribution in [1.82, 2.24) is 10.2 Å². The van der Waals surface area contributed by atoms with Crippen LogP contribution >= 0.6 is 0 Å². The minimum Gasteiger partial charge on any atom is -0.342 e. The minimum absolute atomic E-state index is 0.267. The maximum absolute atomic E-state index is 13.6. The topological polar surface area (TPSA) is 32.3 Å². The van der Waals surface area contributed by atoms with Crippen LogP contribution in [-0.2, 0) is 10.2 Å². The maximum atomic E-state index is 13.6. The Kier molecular flexibility index (Phi) is 5.83. The number of carbonyl (C=O) groups is 1. The molecule has 3 rings (SSSR count). The zero-order chi connectivity index (χ0) is 17.9. The van der Waals surface area contributed by atoms with Gasteiger partial charge in [-0.05, 0) is 62.2 Å². The highest BCUT2D eigenvalue weighted by Gasteiger charge is 2.45. The monoisotopic (exact) mass is 342 g/mol. The van der Waals surface area contributed by atoms with Gasteiger partial charge in [-0.15, -0.1) is 0 Å². The molecule has 3 heteroatoms. The van der Waals surface area contributed by atoms with E-state index in [4.69, 9.17) is 0 Å². The lowest BCUT2D eigenvalue weighted by Crippen LogP contribution is -2.50. The molecule has 25 heavy (non-hydrogen) atoms. The number of rotatable bonds is 5. The Morgan fingerprint density at radius 3 is 2.48 bits per heavy atom. The van der Waals surface area contributed by atoms with Crippen molar-refractivity contribution < 1.29 is 4.79 Å². The number of carbonyl (C=O) groups excluding carboxylic acids is 1. The lowest BCUT2D eigenvalue weighted by molar-refractivity contribution is -0.139. The first-order chi connectivity index (χ1) is 12.1. The Balaban J connectivity index is 1.83. The summed E-state index contributed by atoms with van der Waals surface area (Å²) in [6.07, 6.45) is 6.75. The van der Waals surface area contributed by atoms with Crippen molar-refractivity contribution in [3.8, 4) is 0 Å². The largest absolute Gasteiger partial charge is 0.342 e. The van der Waals surface area contributed by atoms with Gasteiger partial charge >= 0.3 is 0 Å². The lowest BCUT2D eigenvalue weighted by Gasteiger charge is -2.39. The van der Waals surface area contributed by atoms with E-state index in [1.165, 1.54) is 30.4 Å². The molecule has 138 valence electrons. The maximum Gasteiger partial charge on any atom is 0.233 e. The van der Waals surface area contributed by atoms with Crippen molar-refractivity contribution in [1.29, 1.82) is 0 Å². The fourth-order valence-electron chi connectivity index (χ4n) is 4.80. The Hall–Kier alpha value is -1.35. The zero-order valence-corrected chi connectivity index (χ0v) is 16.2. The SMILES string of the molecule is CNCC1CCCN(C(=O)C2(c3ccc(C(C)C)cc3)CCCC2)C1. The van der Waals surface area contributed by atoms with Crippen LogP contribution in [0, 0.1) is 5.92 Å². The Labute approximate surface area is 153 Å². The van der Waals surface area contributed by atoms with Crippen LogP contribution in [0.2, 0.25) is 0 Å². The number of benzene rings is 1. The van der Waals surface area contributed by atoms with Gasteiger partial charge < -0.3 is 10.2 Å². The first-order valence-corrected chi connectivity index (χ1v) is 10.1. The summed E-state index contributed by atoms with van der Waals surface area (Å²) in [5.41, 5.74) is 2.34. The Bertz CT molecular complexity index is 570. The predicted octanol–water partition coefficient (Wildman–Crippen LogP) is 4.08. The third kappa shape index (κ3) is 3.76. The van der Waals surface area contributed by atoms with Gasteiger partial charge in [0.15, 0.2) is 0 Å². The molecule has 2 fully saturated rings. The fraction of sp³-hybridized carbons (Fsp3) is 0.682. The number of amides is 1. The molecular weight excluding hydrogens is 308 g/mol. The van der Waals surface area contributed by atoms with Crippen LogP contribution in [0.4, 0.5) is 0 Å². The van der Waals surface area contributed by atoms with Crippen molar-refractivity contribution in [3.63, 3.8) is 0 Å². The minimum atomic E-state index is -0.267. The Morgan fingerprint density at radius 2 is 1.88 bits per heavy atom. The van der Waals surface area contributed by atoms with Crippen LogP contribution in [0.5, 0.6) is 0 Å². The van der Waals surface area contributed by atoms with E-state index in [1.807, 2.05) is 7.05 Å². The average Bonchev–Trinajstić information content (AvgIpc) is 3.13. The molecule has 1 aromatic carbocycles. The van der Waals surface area contributed by atoms with Gasteiger partial charge in [0.2, 0.25) is 5.91 Å². The first kappa shape index (κ1) is 18.4. The quantitative estimate of drug-likeness (QED) is 0.874. The second-order valence-corrected chi connectivity index (χ2v) is 8.38. The summed E-state index contributed by atoms with van der Waals surface area (Å²) in [5.74, 6) is 1.53. The van der Waals surface area contributed by atoms with E-state index in [9.17, 15) is 4.79 Å². The molecule has 0 spiro atoms.